The van der Waals surface area contributed by atoms with E-state index in [1.807, 2.05) is 39.0 Å². The van der Waals surface area contributed by atoms with Crippen LogP contribution in [0.3, 0.4) is 0 Å². The summed E-state index contributed by atoms with van der Waals surface area (Å²) in [7, 11) is 0. The van der Waals surface area contributed by atoms with Gasteiger partial charge in [0.15, 0.2) is 5.96 Å². The van der Waals surface area contributed by atoms with Crippen LogP contribution in [0.4, 0.5) is 0 Å². The standard InChI is InChI=1S/C17H23ClN4OS.HI/c1-4-19-17(21-11-16-12(2)22-13(3)24-16)20-8-9-23-15-7-5-6-14(18)10-15;/h5-7,10H,4,8-9,11H2,1-3H3,(H2,19,20,21);1H. The molecule has 0 atom stereocenters. The Labute approximate surface area is 175 Å². The van der Waals surface area contributed by atoms with Gasteiger partial charge in [-0.3, -0.25) is 0 Å². The fraction of sp³-hybridized carbons (Fsp3) is 0.412. The van der Waals surface area contributed by atoms with Crippen LogP contribution >= 0.6 is 46.9 Å². The summed E-state index contributed by atoms with van der Waals surface area (Å²) in [5.41, 5.74) is 1.06. The van der Waals surface area contributed by atoms with Crippen molar-refractivity contribution < 1.29 is 4.74 Å². The second-order valence-electron chi connectivity index (χ2n) is 5.17. The summed E-state index contributed by atoms with van der Waals surface area (Å²) in [6.07, 6.45) is 0. The van der Waals surface area contributed by atoms with Gasteiger partial charge in [-0.15, -0.1) is 35.3 Å². The molecule has 2 rings (SSSR count). The van der Waals surface area contributed by atoms with Crippen molar-refractivity contribution in [1.82, 2.24) is 15.6 Å². The highest BCUT2D eigenvalue weighted by molar-refractivity contribution is 14.0. The summed E-state index contributed by atoms with van der Waals surface area (Å²) in [5, 5.41) is 8.25. The van der Waals surface area contributed by atoms with Gasteiger partial charge >= 0.3 is 0 Å². The van der Waals surface area contributed by atoms with E-state index in [1.165, 1.54) is 4.88 Å². The molecule has 0 saturated heterocycles. The van der Waals surface area contributed by atoms with Crippen LogP contribution in [0.25, 0.3) is 0 Å². The number of nitrogens with one attached hydrogen (secondary N) is 2. The predicted octanol–water partition coefficient (Wildman–Crippen LogP) is 4.17. The summed E-state index contributed by atoms with van der Waals surface area (Å²) in [4.78, 5) is 10.2. The molecule has 25 heavy (non-hydrogen) atoms. The summed E-state index contributed by atoms with van der Waals surface area (Å²) >= 11 is 7.62. The Morgan fingerprint density at radius 1 is 1.32 bits per heavy atom. The molecular weight excluding hydrogens is 471 g/mol. The molecule has 0 unspecified atom stereocenters. The van der Waals surface area contributed by atoms with Crippen molar-refractivity contribution in [3.63, 3.8) is 0 Å². The van der Waals surface area contributed by atoms with Crippen LogP contribution < -0.4 is 15.4 Å². The van der Waals surface area contributed by atoms with Crippen molar-refractivity contribution in [2.75, 3.05) is 19.7 Å². The Hall–Kier alpha value is -1.06. The molecule has 1 heterocycles. The summed E-state index contributed by atoms with van der Waals surface area (Å²) < 4.78 is 5.66. The maximum absolute atomic E-state index is 5.93. The molecule has 0 spiro atoms. The van der Waals surface area contributed by atoms with Crippen LogP contribution in [0.2, 0.25) is 5.02 Å². The number of ether oxygens (including phenoxy) is 1. The smallest absolute Gasteiger partial charge is 0.191 e. The van der Waals surface area contributed by atoms with Crippen LogP contribution in [0.1, 0.15) is 22.5 Å². The van der Waals surface area contributed by atoms with E-state index in [4.69, 9.17) is 16.3 Å². The number of thiazole rings is 1. The third-order valence-electron chi connectivity index (χ3n) is 3.18. The van der Waals surface area contributed by atoms with E-state index in [0.717, 1.165) is 29.0 Å². The summed E-state index contributed by atoms with van der Waals surface area (Å²) in [6.45, 7) is 8.70. The predicted molar refractivity (Wildman–Crippen MR) is 117 cm³/mol. The molecule has 5 nitrogen and oxygen atoms in total. The Morgan fingerprint density at radius 2 is 2.12 bits per heavy atom. The van der Waals surface area contributed by atoms with Crippen LogP contribution in [-0.2, 0) is 6.54 Å². The van der Waals surface area contributed by atoms with Crippen LogP contribution in [-0.4, -0.2) is 30.6 Å². The van der Waals surface area contributed by atoms with Gasteiger partial charge in [0, 0.05) is 16.4 Å². The van der Waals surface area contributed by atoms with Crippen LogP contribution in [0.15, 0.2) is 29.3 Å². The van der Waals surface area contributed by atoms with Gasteiger partial charge in [0.2, 0.25) is 0 Å². The SMILES string of the molecule is CCNC(=NCc1sc(C)nc1C)NCCOc1cccc(Cl)c1.I. The van der Waals surface area contributed by atoms with Gasteiger partial charge in [-0.1, -0.05) is 17.7 Å². The lowest BCUT2D eigenvalue weighted by Gasteiger charge is -2.12. The molecular formula is C17H24ClIN4OS. The van der Waals surface area contributed by atoms with E-state index in [-0.39, 0.29) is 24.0 Å². The molecule has 2 N–H and O–H groups in total. The van der Waals surface area contributed by atoms with E-state index in [9.17, 15) is 0 Å². The minimum atomic E-state index is 0. The van der Waals surface area contributed by atoms with Gasteiger partial charge in [0.25, 0.3) is 0 Å². The zero-order valence-corrected chi connectivity index (χ0v) is 18.5. The second kappa shape index (κ2) is 11.5. The lowest BCUT2D eigenvalue weighted by atomic mass is 10.3. The molecule has 0 saturated carbocycles. The number of rotatable bonds is 7. The maximum Gasteiger partial charge on any atom is 0.191 e. The summed E-state index contributed by atoms with van der Waals surface area (Å²) in [6, 6.07) is 7.39. The highest BCUT2D eigenvalue weighted by Crippen LogP contribution is 2.18. The largest absolute Gasteiger partial charge is 0.492 e. The number of benzene rings is 1. The normalized spacial score (nSPS) is 11.0. The number of hydrogen-bond acceptors (Lipinski definition) is 4. The Balaban J connectivity index is 0.00000312. The monoisotopic (exact) mass is 494 g/mol. The molecule has 8 heteroatoms. The fourth-order valence-electron chi connectivity index (χ4n) is 2.11. The van der Waals surface area contributed by atoms with Crippen LogP contribution in [0, 0.1) is 13.8 Å². The number of aliphatic imine (C=N–C) groups is 1. The van der Waals surface area contributed by atoms with Gasteiger partial charge in [-0.25, -0.2) is 9.98 Å². The first-order chi connectivity index (χ1) is 11.6. The minimum absolute atomic E-state index is 0. The van der Waals surface area contributed by atoms with Crippen molar-refractivity contribution in [3.05, 3.63) is 44.9 Å². The van der Waals surface area contributed by atoms with Gasteiger partial charge in [-0.2, -0.15) is 0 Å². The van der Waals surface area contributed by atoms with Crippen molar-refractivity contribution in [2.24, 2.45) is 4.99 Å². The Kier molecular flexibility index (Phi) is 10.1. The number of nitrogens with zero attached hydrogens (tertiary/aromatic N) is 2. The van der Waals surface area contributed by atoms with E-state index < -0.39 is 0 Å². The van der Waals surface area contributed by atoms with E-state index in [0.29, 0.717) is 24.7 Å². The molecule has 0 radical (unpaired) electrons. The van der Waals surface area contributed by atoms with Crippen molar-refractivity contribution in [1.29, 1.82) is 0 Å². The molecule has 0 aliphatic carbocycles. The summed E-state index contributed by atoms with van der Waals surface area (Å²) in [5.74, 6) is 1.54. The Bertz CT molecular complexity index is 693. The lowest BCUT2D eigenvalue weighted by Crippen LogP contribution is -2.39. The molecule has 2 aromatic rings. The topological polar surface area (TPSA) is 58.5 Å². The van der Waals surface area contributed by atoms with Crippen molar-refractivity contribution in [3.8, 4) is 5.75 Å². The molecule has 1 aromatic heterocycles. The second-order valence-corrected chi connectivity index (χ2v) is 6.89. The first-order valence-electron chi connectivity index (χ1n) is 7.92. The number of hydrogen-bond donors (Lipinski definition) is 2. The van der Waals surface area contributed by atoms with Gasteiger partial charge in [0.1, 0.15) is 12.4 Å². The van der Waals surface area contributed by atoms with Gasteiger partial charge < -0.3 is 15.4 Å². The van der Waals surface area contributed by atoms with E-state index >= 15 is 0 Å². The molecule has 0 aliphatic rings. The van der Waals surface area contributed by atoms with Crippen molar-refractivity contribution in [2.45, 2.75) is 27.3 Å². The third kappa shape index (κ3) is 7.79. The quantitative estimate of drug-likeness (QED) is 0.263. The van der Waals surface area contributed by atoms with Gasteiger partial charge in [0.05, 0.1) is 23.8 Å². The van der Waals surface area contributed by atoms with Gasteiger partial charge in [-0.05, 0) is 39.0 Å². The average Bonchev–Trinajstić information content (AvgIpc) is 2.87. The molecule has 138 valence electrons. The lowest BCUT2D eigenvalue weighted by molar-refractivity contribution is 0.322. The first kappa shape index (κ1) is 22.0. The molecule has 0 amide bonds. The number of aryl methyl sites for hydroxylation is 2. The van der Waals surface area contributed by atoms with E-state index in [1.54, 1.807) is 17.4 Å². The fourth-order valence-corrected chi connectivity index (χ4v) is 3.15. The van der Waals surface area contributed by atoms with Crippen molar-refractivity contribution >= 4 is 52.9 Å². The highest BCUT2D eigenvalue weighted by Gasteiger charge is 2.05. The minimum Gasteiger partial charge on any atom is -0.492 e. The first-order valence-corrected chi connectivity index (χ1v) is 9.11. The molecule has 0 aliphatic heterocycles. The zero-order chi connectivity index (χ0) is 17.4. The molecule has 0 fully saturated rings. The van der Waals surface area contributed by atoms with Crippen LogP contribution in [0.5, 0.6) is 5.75 Å². The average molecular weight is 495 g/mol. The maximum atomic E-state index is 5.93. The van der Waals surface area contributed by atoms with E-state index in [2.05, 4.69) is 20.6 Å². The number of guanidine groups is 1. The number of aromatic nitrogens is 1. The molecule has 1 aromatic carbocycles. The highest BCUT2D eigenvalue weighted by atomic mass is 127. The number of halogens is 2. The third-order valence-corrected chi connectivity index (χ3v) is 4.48. The zero-order valence-electron chi connectivity index (χ0n) is 14.6. The Morgan fingerprint density at radius 3 is 2.76 bits per heavy atom. The molecule has 0 bridgehead atoms.